The lowest BCUT2D eigenvalue weighted by Crippen LogP contribution is -2.49. The summed E-state index contributed by atoms with van der Waals surface area (Å²) in [6, 6.07) is 3.73. The highest BCUT2D eigenvalue weighted by atomic mass is 16.5. The Balaban J connectivity index is 0.00000155. The fourth-order valence-corrected chi connectivity index (χ4v) is 4.35. The third-order valence-electron chi connectivity index (χ3n) is 5.57. The molecule has 30 heavy (non-hydrogen) atoms. The molecule has 1 fully saturated rings. The number of rotatable bonds is 5. The van der Waals surface area contributed by atoms with Crippen molar-refractivity contribution in [2.24, 2.45) is 0 Å². The monoisotopic (exact) mass is 413 g/mol. The van der Waals surface area contributed by atoms with Crippen LogP contribution >= 0.6 is 0 Å². The molecule has 1 saturated carbocycles. The zero-order chi connectivity index (χ0) is 22.3. The molecule has 1 spiro atoms. The summed E-state index contributed by atoms with van der Waals surface area (Å²) in [5.74, 6) is 6.29. The molecule has 0 radical (unpaired) electrons. The first-order valence-electron chi connectivity index (χ1n) is 10.9. The number of aryl methyl sites for hydroxylation is 1. The Labute approximate surface area is 180 Å². The van der Waals surface area contributed by atoms with Crippen molar-refractivity contribution in [3.8, 4) is 17.6 Å². The molecule has 2 N–H and O–H groups in total. The van der Waals surface area contributed by atoms with Gasteiger partial charge in [-0.1, -0.05) is 26.7 Å². The minimum Gasteiger partial charge on any atom is -0.509 e. The van der Waals surface area contributed by atoms with Crippen molar-refractivity contribution in [2.75, 3.05) is 13.7 Å². The van der Waals surface area contributed by atoms with Gasteiger partial charge in [0.1, 0.15) is 17.0 Å². The number of carbonyl (C=O) groups is 1. The molecule has 2 aliphatic rings. The molecule has 2 unspecified atom stereocenters. The summed E-state index contributed by atoms with van der Waals surface area (Å²) in [5.41, 5.74) is 1.86. The molecule has 164 valence electrons. The molecule has 0 bridgehead atoms. The standard InChI is InChI=1S/C23H29NO4.C2H6/c1-5-8-16-12-15(3)19(18(13-16)27-4)20-21(25)23(24-22(20)26)10-7-9-17(14-23)28-11-6-2;1-2/h12-13,17,25H,6-7,9-11,14H2,1-4H3,(H,24,26);1-2H3. The van der Waals surface area contributed by atoms with Crippen LogP contribution in [0, 0.1) is 18.8 Å². The molecule has 1 aromatic rings. The van der Waals surface area contributed by atoms with E-state index in [4.69, 9.17) is 9.47 Å². The summed E-state index contributed by atoms with van der Waals surface area (Å²) in [4.78, 5) is 13.0. The topological polar surface area (TPSA) is 67.8 Å². The minimum absolute atomic E-state index is 0.0423. The Morgan fingerprint density at radius 1 is 1.33 bits per heavy atom. The second kappa shape index (κ2) is 10.5. The van der Waals surface area contributed by atoms with Crippen LogP contribution in [0.15, 0.2) is 17.9 Å². The molecule has 1 aliphatic carbocycles. The summed E-state index contributed by atoms with van der Waals surface area (Å²) in [7, 11) is 1.57. The third kappa shape index (κ3) is 4.65. The van der Waals surface area contributed by atoms with Gasteiger partial charge in [-0.2, -0.15) is 0 Å². The van der Waals surface area contributed by atoms with Gasteiger partial charge in [-0.25, -0.2) is 0 Å². The number of carbonyl (C=O) groups excluding carboxylic acids is 1. The van der Waals surface area contributed by atoms with Crippen LogP contribution in [0.3, 0.4) is 0 Å². The van der Waals surface area contributed by atoms with Crippen LogP contribution < -0.4 is 10.1 Å². The minimum atomic E-state index is -0.748. The van der Waals surface area contributed by atoms with E-state index < -0.39 is 5.54 Å². The second-order valence-electron chi connectivity index (χ2n) is 7.59. The van der Waals surface area contributed by atoms with Crippen LogP contribution in [-0.4, -0.2) is 36.4 Å². The van der Waals surface area contributed by atoms with Gasteiger partial charge in [0, 0.05) is 24.2 Å². The first-order valence-corrected chi connectivity index (χ1v) is 10.9. The highest BCUT2D eigenvalue weighted by Gasteiger charge is 2.49. The summed E-state index contributed by atoms with van der Waals surface area (Å²) < 4.78 is 11.5. The van der Waals surface area contributed by atoms with Crippen molar-refractivity contribution in [2.45, 2.75) is 78.4 Å². The van der Waals surface area contributed by atoms with Crippen LogP contribution in [0.25, 0.3) is 5.57 Å². The zero-order valence-corrected chi connectivity index (χ0v) is 19.1. The summed E-state index contributed by atoms with van der Waals surface area (Å²) in [5, 5.41) is 14.3. The van der Waals surface area contributed by atoms with E-state index in [9.17, 15) is 9.90 Å². The van der Waals surface area contributed by atoms with E-state index in [0.717, 1.165) is 30.4 Å². The maximum absolute atomic E-state index is 13.0. The van der Waals surface area contributed by atoms with E-state index in [-0.39, 0.29) is 17.8 Å². The van der Waals surface area contributed by atoms with Crippen molar-refractivity contribution >= 4 is 11.5 Å². The number of nitrogens with one attached hydrogen (secondary N) is 1. The fourth-order valence-electron chi connectivity index (χ4n) is 4.35. The van der Waals surface area contributed by atoms with Gasteiger partial charge in [0.25, 0.3) is 5.91 Å². The highest BCUT2D eigenvalue weighted by Crippen LogP contribution is 2.44. The number of methoxy groups -OCH3 is 1. The lowest BCUT2D eigenvalue weighted by molar-refractivity contribution is -0.117. The lowest BCUT2D eigenvalue weighted by Gasteiger charge is -2.37. The number of hydrogen-bond acceptors (Lipinski definition) is 4. The number of benzene rings is 1. The highest BCUT2D eigenvalue weighted by molar-refractivity contribution is 6.24. The van der Waals surface area contributed by atoms with Crippen LogP contribution in [0.2, 0.25) is 0 Å². The Bertz CT molecular complexity index is 862. The first kappa shape index (κ1) is 23.8. The van der Waals surface area contributed by atoms with Gasteiger partial charge in [-0.05, 0) is 57.2 Å². The molecule has 1 aliphatic heterocycles. The molecule has 5 heteroatoms. The molecular formula is C25H35NO4. The van der Waals surface area contributed by atoms with E-state index in [0.29, 0.717) is 36.3 Å². The number of ether oxygens (including phenoxy) is 2. The molecule has 1 amide bonds. The van der Waals surface area contributed by atoms with Gasteiger partial charge in [0.2, 0.25) is 0 Å². The lowest BCUT2D eigenvalue weighted by atomic mass is 9.78. The van der Waals surface area contributed by atoms with Gasteiger partial charge in [0.15, 0.2) is 0 Å². The van der Waals surface area contributed by atoms with Gasteiger partial charge in [-0.3, -0.25) is 4.79 Å². The van der Waals surface area contributed by atoms with Crippen LogP contribution in [0.1, 0.15) is 76.5 Å². The second-order valence-corrected chi connectivity index (χ2v) is 7.59. The van der Waals surface area contributed by atoms with E-state index in [1.807, 2.05) is 32.9 Å². The predicted molar refractivity (Wildman–Crippen MR) is 121 cm³/mol. The molecule has 1 aromatic carbocycles. The molecule has 0 saturated heterocycles. The van der Waals surface area contributed by atoms with Crippen molar-refractivity contribution in [1.82, 2.24) is 5.32 Å². The number of aliphatic hydroxyl groups is 1. The average Bonchev–Trinajstić information content (AvgIpc) is 2.97. The van der Waals surface area contributed by atoms with Gasteiger partial charge in [0.05, 0.1) is 18.8 Å². The van der Waals surface area contributed by atoms with Crippen molar-refractivity contribution in [1.29, 1.82) is 0 Å². The fraction of sp³-hybridized carbons (Fsp3) is 0.560. The SMILES string of the molecule is CC.CC#Cc1cc(C)c(C2=C(O)C3(CCCC(OCCC)C3)NC2=O)c(OC)c1. The van der Waals surface area contributed by atoms with Crippen molar-refractivity contribution < 1.29 is 19.4 Å². The average molecular weight is 414 g/mol. The summed E-state index contributed by atoms with van der Waals surface area (Å²) >= 11 is 0. The van der Waals surface area contributed by atoms with Crippen LogP contribution in [-0.2, 0) is 9.53 Å². The summed E-state index contributed by atoms with van der Waals surface area (Å²) in [6.07, 6.45) is 4.14. The number of aliphatic hydroxyl groups excluding tert-OH is 1. The molecule has 0 aromatic heterocycles. The van der Waals surface area contributed by atoms with Gasteiger partial charge < -0.3 is 19.9 Å². The Morgan fingerprint density at radius 3 is 2.70 bits per heavy atom. The third-order valence-corrected chi connectivity index (χ3v) is 5.57. The summed E-state index contributed by atoms with van der Waals surface area (Å²) in [6.45, 7) is 10.5. The largest absolute Gasteiger partial charge is 0.509 e. The normalized spacial score (nSPS) is 22.7. The Morgan fingerprint density at radius 2 is 2.07 bits per heavy atom. The van der Waals surface area contributed by atoms with Crippen molar-refractivity contribution in [3.05, 3.63) is 34.6 Å². The molecule has 3 rings (SSSR count). The Hall–Kier alpha value is -2.45. The zero-order valence-electron chi connectivity index (χ0n) is 19.1. The molecule has 2 atom stereocenters. The predicted octanol–water partition coefficient (Wildman–Crippen LogP) is 4.91. The molecular weight excluding hydrogens is 378 g/mol. The maximum atomic E-state index is 13.0. The van der Waals surface area contributed by atoms with E-state index in [1.165, 1.54) is 0 Å². The van der Waals surface area contributed by atoms with Crippen LogP contribution in [0.5, 0.6) is 5.75 Å². The van der Waals surface area contributed by atoms with Crippen molar-refractivity contribution in [3.63, 3.8) is 0 Å². The maximum Gasteiger partial charge on any atom is 0.256 e. The Kier molecular flexibility index (Phi) is 8.37. The number of hydrogen-bond donors (Lipinski definition) is 2. The van der Waals surface area contributed by atoms with Gasteiger partial charge in [-0.15, -0.1) is 5.92 Å². The smallest absolute Gasteiger partial charge is 0.256 e. The van der Waals surface area contributed by atoms with Crippen LogP contribution in [0.4, 0.5) is 0 Å². The molecule has 5 nitrogen and oxygen atoms in total. The quantitative estimate of drug-likeness (QED) is 0.673. The first-order chi connectivity index (χ1) is 14.5. The van der Waals surface area contributed by atoms with E-state index in [2.05, 4.69) is 24.1 Å². The molecule has 1 heterocycles. The van der Waals surface area contributed by atoms with Gasteiger partial charge >= 0.3 is 0 Å². The van der Waals surface area contributed by atoms with E-state index in [1.54, 1.807) is 14.0 Å². The number of amides is 1. The van der Waals surface area contributed by atoms with E-state index >= 15 is 0 Å².